The number of hydrogen-bond acceptors (Lipinski definition) is 3. The molecule has 11 heavy (non-hydrogen) atoms. The Morgan fingerprint density at radius 3 is 2.82 bits per heavy atom. The summed E-state index contributed by atoms with van der Waals surface area (Å²) in [6.45, 7) is 2.11. The third-order valence-corrected chi connectivity index (χ3v) is 2.70. The van der Waals surface area contributed by atoms with Crippen molar-refractivity contribution in [2.24, 2.45) is 21.7 Å². The van der Waals surface area contributed by atoms with Crippen molar-refractivity contribution >= 4 is 23.4 Å². The van der Waals surface area contributed by atoms with Gasteiger partial charge in [-0.05, 0) is 19.1 Å². The van der Waals surface area contributed by atoms with Crippen LogP contribution in [0.4, 0.5) is 0 Å². The third kappa shape index (κ3) is 2.42. The fraction of sp³-hybridized carbons (Fsp3) is 0.667. The van der Waals surface area contributed by atoms with Crippen molar-refractivity contribution < 1.29 is 0 Å². The van der Waals surface area contributed by atoms with Gasteiger partial charge in [-0.25, -0.2) is 0 Å². The lowest BCUT2D eigenvalue weighted by atomic mass is 10.2. The number of nitrogens with two attached hydrogens (primary N) is 2. The quantitative estimate of drug-likeness (QED) is 0.335. The van der Waals surface area contributed by atoms with Crippen molar-refractivity contribution in [1.29, 1.82) is 0 Å². The summed E-state index contributed by atoms with van der Waals surface area (Å²) in [5.74, 6) is 1.15. The Morgan fingerprint density at radius 1 is 1.64 bits per heavy atom. The zero-order chi connectivity index (χ0) is 8.27. The maximum atomic E-state index is 5.13. The minimum atomic E-state index is 0.0293. The molecule has 4 nitrogen and oxygen atoms in total. The Balaban J connectivity index is 2.58. The fourth-order valence-electron chi connectivity index (χ4n) is 0.893. The topological polar surface area (TPSA) is 76.8 Å². The third-order valence-electron chi connectivity index (χ3n) is 1.49. The molecule has 0 spiro atoms. The van der Waals surface area contributed by atoms with E-state index < -0.39 is 0 Å². The Labute approximate surface area is 70.1 Å². The van der Waals surface area contributed by atoms with Crippen LogP contribution in [0.1, 0.15) is 13.3 Å². The Hall–Kier alpha value is -0.710. The van der Waals surface area contributed by atoms with Crippen LogP contribution in [0.15, 0.2) is 10.2 Å². The van der Waals surface area contributed by atoms with Crippen molar-refractivity contribution in [3.05, 3.63) is 0 Å². The second kappa shape index (κ2) is 3.61. The molecular formula is C6H12N4S. The molecule has 0 amide bonds. The molecule has 0 aromatic carbocycles. The molecule has 0 aliphatic carbocycles. The van der Waals surface area contributed by atoms with E-state index >= 15 is 0 Å². The molecule has 1 heterocycles. The maximum absolute atomic E-state index is 5.13. The van der Waals surface area contributed by atoms with Crippen LogP contribution in [0.25, 0.3) is 0 Å². The Morgan fingerprint density at radius 2 is 2.36 bits per heavy atom. The summed E-state index contributed by atoms with van der Waals surface area (Å²) >= 11 is 1.88. The second-order valence-electron chi connectivity index (χ2n) is 2.38. The monoisotopic (exact) mass is 172 g/mol. The molecule has 1 saturated heterocycles. The lowest BCUT2D eigenvalue weighted by Crippen LogP contribution is -2.22. The van der Waals surface area contributed by atoms with Gasteiger partial charge in [0.2, 0.25) is 5.96 Å². The van der Waals surface area contributed by atoms with Crippen molar-refractivity contribution in [1.82, 2.24) is 0 Å². The first-order valence-corrected chi connectivity index (χ1v) is 4.52. The highest BCUT2D eigenvalue weighted by atomic mass is 32.2. The van der Waals surface area contributed by atoms with Gasteiger partial charge in [-0.15, -0.1) is 5.10 Å². The first kappa shape index (κ1) is 8.39. The molecule has 1 aliphatic rings. The predicted octanol–water partition coefficient (Wildman–Crippen LogP) is 0.141. The molecule has 1 rings (SSSR count). The normalized spacial score (nSPS) is 27.4. The van der Waals surface area contributed by atoms with E-state index in [9.17, 15) is 0 Å². The maximum Gasteiger partial charge on any atom is 0.211 e. The smallest absolute Gasteiger partial charge is 0.211 e. The molecule has 62 valence electrons. The van der Waals surface area contributed by atoms with Gasteiger partial charge in [-0.1, -0.05) is 0 Å². The molecule has 4 N–H and O–H groups in total. The zero-order valence-electron chi connectivity index (χ0n) is 6.45. The molecule has 1 aliphatic heterocycles. The molecule has 0 aromatic heterocycles. The highest BCUT2D eigenvalue weighted by Gasteiger charge is 2.17. The van der Waals surface area contributed by atoms with Crippen molar-refractivity contribution in [3.63, 3.8) is 0 Å². The van der Waals surface area contributed by atoms with Crippen molar-refractivity contribution in [2.75, 3.05) is 5.75 Å². The van der Waals surface area contributed by atoms with Crippen molar-refractivity contribution in [2.45, 2.75) is 18.6 Å². The molecule has 1 atom stereocenters. The van der Waals surface area contributed by atoms with Crippen LogP contribution in [0.2, 0.25) is 0 Å². The van der Waals surface area contributed by atoms with Crippen LogP contribution in [-0.2, 0) is 0 Å². The average Bonchev–Trinajstić information content (AvgIpc) is 2.31. The zero-order valence-corrected chi connectivity index (χ0v) is 7.27. The highest BCUT2D eigenvalue weighted by molar-refractivity contribution is 8.01. The number of nitrogens with zero attached hydrogens (tertiary/aromatic N) is 2. The number of guanidine groups is 1. The second-order valence-corrected chi connectivity index (χ2v) is 3.83. The van der Waals surface area contributed by atoms with E-state index in [1.54, 1.807) is 0 Å². The van der Waals surface area contributed by atoms with Gasteiger partial charge in [-0.3, -0.25) is 0 Å². The van der Waals surface area contributed by atoms with E-state index in [1.165, 1.54) is 0 Å². The van der Waals surface area contributed by atoms with Crippen LogP contribution in [0, 0.1) is 0 Å². The standard InChI is InChI=1S/C6H12N4S/c1-4-5(2-3-11-4)9-10-6(7)8/h4H,2-3H2,1H3,(H4,7,8,10). The molecule has 1 unspecified atom stereocenters. The lowest BCUT2D eigenvalue weighted by molar-refractivity contribution is 1.13. The number of thioether (sulfide) groups is 1. The van der Waals surface area contributed by atoms with Crippen LogP contribution in [-0.4, -0.2) is 22.7 Å². The van der Waals surface area contributed by atoms with Gasteiger partial charge in [-0.2, -0.15) is 16.9 Å². The summed E-state index contributed by atoms with van der Waals surface area (Å²) in [6, 6.07) is 0. The van der Waals surface area contributed by atoms with Gasteiger partial charge in [0, 0.05) is 5.25 Å². The van der Waals surface area contributed by atoms with Crippen molar-refractivity contribution in [3.8, 4) is 0 Å². The molecule has 0 radical (unpaired) electrons. The number of hydrogen-bond donors (Lipinski definition) is 2. The van der Waals surface area contributed by atoms with E-state index in [2.05, 4.69) is 17.1 Å². The summed E-state index contributed by atoms with van der Waals surface area (Å²) in [6.07, 6.45) is 1.00. The summed E-state index contributed by atoms with van der Waals surface area (Å²) in [4.78, 5) is 0. The van der Waals surface area contributed by atoms with Crippen LogP contribution in [0.5, 0.6) is 0 Å². The summed E-state index contributed by atoms with van der Waals surface area (Å²) in [5, 5.41) is 8.01. The van der Waals surface area contributed by atoms with Crippen LogP contribution < -0.4 is 11.5 Å². The Bertz CT molecular complexity index is 195. The minimum Gasteiger partial charge on any atom is -0.369 e. The van der Waals surface area contributed by atoms with E-state index in [-0.39, 0.29) is 5.96 Å². The van der Waals surface area contributed by atoms with Gasteiger partial charge in [0.1, 0.15) is 0 Å². The summed E-state index contributed by atoms with van der Waals surface area (Å²) in [5.41, 5.74) is 11.3. The van der Waals surface area contributed by atoms with E-state index in [0.29, 0.717) is 5.25 Å². The van der Waals surface area contributed by atoms with Gasteiger partial charge >= 0.3 is 0 Å². The number of rotatable bonds is 1. The molecular weight excluding hydrogens is 160 g/mol. The first-order chi connectivity index (χ1) is 5.20. The average molecular weight is 172 g/mol. The molecule has 0 aromatic rings. The van der Waals surface area contributed by atoms with Gasteiger partial charge < -0.3 is 11.5 Å². The first-order valence-electron chi connectivity index (χ1n) is 3.47. The molecule has 5 heteroatoms. The fourth-order valence-corrected chi connectivity index (χ4v) is 1.93. The minimum absolute atomic E-state index is 0.0293. The summed E-state index contributed by atoms with van der Waals surface area (Å²) < 4.78 is 0. The van der Waals surface area contributed by atoms with Gasteiger partial charge in [0.05, 0.1) is 5.71 Å². The van der Waals surface area contributed by atoms with E-state index in [1.807, 2.05) is 11.8 Å². The summed E-state index contributed by atoms with van der Waals surface area (Å²) in [7, 11) is 0. The van der Waals surface area contributed by atoms with Crippen LogP contribution >= 0.6 is 11.8 Å². The molecule has 0 bridgehead atoms. The van der Waals surface area contributed by atoms with Gasteiger partial charge in [0.15, 0.2) is 0 Å². The SMILES string of the molecule is CC1SCCC1=NN=C(N)N. The van der Waals surface area contributed by atoms with Crippen LogP contribution in [0.3, 0.4) is 0 Å². The van der Waals surface area contributed by atoms with E-state index in [4.69, 9.17) is 11.5 Å². The highest BCUT2D eigenvalue weighted by Crippen LogP contribution is 2.23. The lowest BCUT2D eigenvalue weighted by Gasteiger charge is -1.98. The predicted molar refractivity (Wildman–Crippen MR) is 49.8 cm³/mol. The molecule has 0 saturated carbocycles. The van der Waals surface area contributed by atoms with E-state index in [0.717, 1.165) is 17.9 Å². The largest absolute Gasteiger partial charge is 0.369 e. The molecule has 1 fully saturated rings. The van der Waals surface area contributed by atoms with Gasteiger partial charge in [0.25, 0.3) is 0 Å². The Kier molecular flexibility index (Phi) is 2.76.